The first-order chi connectivity index (χ1) is 8.92. The van der Waals surface area contributed by atoms with E-state index in [1.807, 2.05) is 0 Å². The zero-order valence-corrected chi connectivity index (χ0v) is 10.9. The van der Waals surface area contributed by atoms with Gasteiger partial charge in [-0.3, -0.25) is 4.90 Å². The lowest BCUT2D eigenvalue weighted by atomic mass is 10.2. The minimum Gasteiger partial charge on any atom is -0.357 e. The van der Waals surface area contributed by atoms with Crippen LogP contribution in [0.5, 0.6) is 0 Å². The summed E-state index contributed by atoms with van der Waals surface area (Å²) < 4.78 is 0. The summed E-state index contributed by atoms with van der Waals surface area (Å²) in [6.45, 7) is 7.89. The number of pyridine rings is 1. The molecule has 0 aliphatic carbocycles. The summed E-state index contributed by atoms with van der Waals surface area (Å²) in [4.78, 5) is 9.48. The lowest BCUT2D eigenvalue weighted by Gasteiger charge is -2.27. The van der Waals surface area contributed by atoms with Gasteiger partial charge in [-0.2, -0.15) is 0 Å². The van der Waals surface area contributed by atoms with Crippen LogP contribution in [0.15, 0.2) is 18.3 Å². The molecule has 0 bridgehead atoms. The van der Waals surface area contributed by atoms with E-state index in [-0.39, 0.29) is 0 Å². The first kappa shape index (κ1) is 11.9. The Labute approximate surface area is 109 Å². The normalized spacial score (nSPS) is 21.4. The number of hydrogen-bond donors (Lipinski definition) is 1. The lowest BCUT2D eigenvalue weighted by Crippen LogP contribution is -2.42. The van der Waals surface area contributed by atoms with Crippen LogP contribution in [0, 0.1) is 0 Å². The minimum atomic E-state index is 1.04. The molecule has 2 fully saturated rings. The largest absolute Gasteiger partial charge is 0.357 e. The molecule has 1 N–H and O–H groups in total. The molecule has 0 saturated carbocycles. The monoisotopic (exact) mass is 246 g/mol. The van der Waals surface area contributed by atoms with Crippen molar-refractivity contribution in [3.05, 3.63) is 23.9 Å². The highest BCUT2D eigenvalue weighted by atomic mass is 15.2. The average Bonchev–Trinajstić information content (AvgIpc) is 2.95. The van der Waals surface area contributed by atoms with E-state index in [1.165, 1.54) is 31.5 Å². The van der Waals surface area contributed by atoms with E-state index >= 15 is 0 Å². The minimum absolute atomic E-state index is 1.04. The Morgan fingerprint density at radius 2 is 1.83 bits per heavy atom. The summed E-state index contributed by atoms with van der Waals surface area (Å²) >= 11 is 0. The first-order valence-corrected chi connectivity index (χ1v) is 7.05. The van der Waals surface area contributed by atoms with Gasteiger partial charge in [-0.1, -0.05) is 6.07 Å². The fourth-order valence-corrected chi connectivity index (χ4v) is 2.77. The van der Waals surface area contributed by atoms with Crippen molar-refractivity contribution in [3.63, 3.8) is 0 Å². The molecule has 0 amide bonds. The third-order valence-electron chi connectivity index (χ3n) is 3.85. The lowest BCUT2D eigenvalue weighted by molar-refractivity contribution is 0.233. The first-order valence-electron chi connectivity index (χ1n) is 7.05. The van der Waals surface area contributed by atoms with Gasteiger partial charge in [0, 0.05) is 52.0 Å². The van der Waals surface area contributed by atoms with E-state index in [0.717, 1.165) is 38.5 Å². The van der Waals surface area contributed by atoms with Gasteiger partial charge in [-0.25, -0.2) is 4.98 Å². The Morgan fingerprint density at radius 3 is 2.50 bits per heavy atom. The molecule has 2 saturated heterocycles. The van der Waals surface area contributed by atoms with Crippen LogP contribution in [0.3, 0.4) is 0 Å². The van der Waals surface area contributed by atoms with E-state index in [4.69, 9.17) is 0 Å². The molecule has 4 nitrogen and oxygen atoms in total. The van der Waals surface area contributed by atoms with Crippen molar-refractivity contribution >= 4 is 5.82 Å². The quantitative estimate of drug-likeness (QED) is 0.865. The predicted molar refractivity (Wildman–Crippen MR) is 73.8 cm³/mol. The Bertz CT molecular complexity index is 364. The van der Waals surface area contributed by atoms with Gasteiger partial charge in [0.2, 0.25) is 0 Å². The summed E-state index contributed by atoms with van der Waals surface area (Å²) in [5.41, 5.74) is 1.33. The third-order valence-corrected chi connectivity index (χ3v) is 3.85. The maximum atomic E-state index is 4.61. The molecule has 1 aromatic rings. The van der Waals surface area contributed by atoms with Gasteiger partial charge in [-0.05, 0) is 24.5 Å². The summed E-state index contributed by atoms with van der Waals surface area (Å²) in [5.74, 6) is 1.15. The van der Waals surface area contributed by atoms with Crippen LogP contribution in [-0.2, 0) is 6.54 Å². The molecule has 3 heterocycles. The van der Waals surface area contributed by atoms with Gasteiger partial charge >= 0.3 is 0 Å². The molecule has 4 heteroatoms. The zero-order chi connectivity index (χ0) is 12.2. The Hall–Kier alpha value is -1.13. The molecule has 0 radical (unpaired) electrons. The maximum Gasteiger partial charge on any atom is 0.128 e. The molecule has 0 aromatic carbocycles. The van der Waals surface area contributed by atoms with Crippen molar-refractivity contribution in [2.45, 2.75) is 19.4 Å². The van der Waals surface area contributed by atoms with E-state index in [1.54, 1.807) is 0 Å². The molecular formula is C14H22N4. The highest BCUT2D eigenvalue weighted by Gasteiger charge is 2.14. The van der Waals surface area contributed by atoms with Crippen LogP contribution in [0.1, 0.15) is 18.4 Å². The number of nitrogens with zero attached hydrogens (tertiary/aromatic N) is 3. The molecule has 2 aliphatic rings. The van der Waals surface area contributed by atoms with Crippen LogP contribution in [0.4, 0.5) is 5.82 Å². The molecule has 0 atom stereocenters. The van der Waals surface area contributed by atoms with Crippen molar-refractivity contribution in [2.75, 3.05) is 44.2 Å². The Balaban J connectivity index is 1.59. The van der Waals surface area contributed by atoms with Crippen molar-refractivity contribution in [3.8, 4) is 0 Å². The van der Waals surface area contributed by atoms with Crippen LogP contribution in [0.2, 0.25) is 0 Å². The number of aromatic nitrogens is 1. The van der Waals surface area contributed by atoms with Gasteiger partial charge in [0.15, 0.2) is 0 Å². The highest BCUT2D eigenvalue weighted by molar-refractivity contribution is 5.40. The number of hydrogen-bond acceptors (Lipinski definition) is 4. The molecule has 18 heavy (non-hydrogen) atoms. The van der Waals surface area contributed by atoms with Crippen LogP contribution >= 0.6 is 0 Å². The van der Waals surface area contributed by atoms with Crippen molar-refractivity contribution < 1.29 is 0 Å². The second-order valence-electron chi connectivity index (χ2n) is 5.24. The van der Waals surface area contributed by atoms with E-state index in [9.17, 15) is 0 Å². The Morgan fingerprint density at radius 1 is 1.06 bits per heavy atom. The van der Waals surface area contributed by atoms with Gasteiger partial charge in [0.1, 0.15) is 5.82 Å². The van der Waals surface area contributed by atoms with Crippen molar-refractivity contribution in [1.29, 1.82) is 0 Å². The number of nitrogens with one attached hydrogen (secondary N) is 1. The number of rotatable bonds is 3. The average molecular weight is 246 g/mol. The second kappa shape index (κ2) is 5.67. The molecular weight excluding hydrogens is 224 g/mol. The molecule has 0 unspecified atom stereocenters. The molecule has 2 aliphatic heterocycles. The standard InChI is InChI=1S/C14H22N4/c1-2-8-18(7-1)14-4-3-13(11-16-14)12-17-9-5-15-6-10-17/h3-4,11,15H,1-2,5-10,12H2. The van der Waals surface area contributed by atoms with Crippen molar-refractivity contribution in [1.82, 2.24) is 15.2 Å². The van der Waals surface area contributed by atoms with Crippen LogP contribution in [0.25, 0.3) is 0 Å². The summed E-state index contributed by atoms with van der Waals surface area (Å²) in [7, 11) is 0. The number of piperazine rings is 1. The van der Waals surface area contributed by atoms with E-state index < -0.39 is 0 Å². The SMILES string of the molecule is c1cc(N2CCCC2)ncc1CN1CCNCC1. The molecule has 1 aromatic heterocycles. The highest BCUT2D eigenvalue weighted by Crippen LogP contribution is 2.18. The fourth-order valence-electron chi connectivity index (χ4n) is 2.77. The molecule has 3 rings (SSSR count). The van der Waals surface area contributed by atoms with E-state index in [2.05, 4.69) is 38.4 Å². The Kier molecular flexibility index (Phi) is 3.76. The zero-order valence-electron chi connectivity index (χ0n) is 10.9. The maximum absolute atomic E-state index is 4.61. The smallest absolute Gasteiger partial charge is 0.128 e. The summed E-state index contributed by atoms with van der Waals surface area (Å²) in [6, 6.07) is 4.42. The van der Waals surface area contributed by atoms with Gasteiger partial charge in [-0.15, -0.1) is 0 Å². The van der Waals surface area contributed by atoms with Gasteiger partial charge in [0.05, 0.1) is 0 Å². The second-order valence-corrected chi connectivity index (χ2v) is 5.24. The fraction of sp³-hybridized carbons (Fsp3) is 0.643. The van der Waals surface area contributed by atoms with Crippen LogP contribution < -0.4 is 10.2 Å². The summed E-state index contributed by atoms with van der Waals surface area (Å²) in [6.07, 6.45) is 4.67. The third kappa shape index (κ3) is 2.82. The summed E-state index contributed by atoms with van der Waals surface area (Å²) in [5, 5.41) is 3.38. The van der Waals surface area contributed by atoms with E-state index in [0.29, 0.717) is 0 Å². The van der Waals surface area contributed by atoms with Crippen molar-refractivity contribution in [2.24, 2.45) is 0 Å². The van der Waals surface area contributed by atoms with Gasteiger partial charge < -0.3 is 10.2 Å². The topological polar surface area (TPSA) is 31.4 Å². The van der Waals surface area contributed by atoms with Crippen LogP contribution in [-0.4, -0.2) is 49.2 Å². The number of anilines is 1. The molecule has 0 spiro atoms. The van der Waals surface area contributed by atoms with Gasteiger partial charge in [0.25, 0.3) is 0 Å². The molecule has 98 valence electrons. The predicted octanol–water partition coefficient (Wildman–Crippen LogP) is 1.09.